The lowest BCUT2D eigenvalue weighted by molar-refractivity contribution is -0.274. The highest BCUT2D eigenvalue weighted by Crippen LogP contribution is 2.26. The first-order valence-electron chi connectivity index (χ1n) is 8.64. The van der Waals surface area contributed by atoms with Gasteiger partial charge in [-0.1, -0.05) is 0 Å². The number of nitrogens with zero attached hydrogens (tertiary/aromatic N) is 3. The zero-order chi connectivity index (χ0) is 22.1. The number of aromatic nitrogens is 3. The van der Waals surface area contributed by atoms with Crippen LogP contribution in [0.3, 0.4) is 0 Å². The minimum absolute atomic E-state index is 0.0264. The molecule has 0 radical (unpaired) electrons. The number of amides is 1. The summed E-state index contributed by atoms with van der Waals surface area (Å²) in [6.07, 6.45) is -1.90. The van der Waals surface area contributed by atoms with Crippen LogP contribution < -0.4 is 15.7 Å². The molecule has 0 aliphatic heterocycles. The van der Waals surface area contributed by atoms with Crippen molar-refractivity contribution < 1.29 is 27.8 Å². The normalized spacial score (nSPS) is 11.4. The van der Waals surface area contributed by atoms with Crippen molar-refractivity contribution in [2.45, 2.75) is 26.8 Å². The number of nitrogens with one attached hydrogen (secondary N) is 1. The van der Waals surface area contributed by atoms with Crippen LogP contribution >= 0.6 is 0 Å². The summed E-state index contributed by atoms with van der Waals surface area (Å²) in [6, 6.07) is 6.15. The molecule has 30 heavy (non-hydrogen) atoms. The highest BCUT2D eigenvalue weighted by atomic mass is 19.4. The zero-order valence-electron chi connectivity index (χ0n) is 15.9. The molecule has 0 aliphatic carbocycles. The molecule has 0 saturated heterocycles. The molecule has 1 aromatic carbocycles. The quantitative estimate of drug-likeness (QED) is 0.659. The van der Waals surface area contributed by atoms with Crippen molar-refractivity contribution in [1.82, 2.24) is 14.1 Å². The average molecular weight is 422 g/mol. The van der Waals surface area contributed by atoms with Crippen LogP contribution in [0, 0.1) is 6.92 Å². The van der Waals surface area contributed by atoms with Crippen molar-refractivity contribution in [3.8, 4) is 17.3 Å². The molecule has 0 unspecified atom stereocenters. The van der Waals surface area contributed by atoms with Crippen molar-refractivity contribution >= 4 is 11.6 Å². The Kier molecular flexibility index (Phi) is 5.54. The maximum atomic E-state index is 12.9. The van der Waals surface area contributed by atoms with E-state index in [9.17, 15) is 27.9 Å². The first-order valence-corrected chi connectivity index (χ1v) is 8.64. The third-order valence-electron chi connectivity index (χ3n) is 4.24. The average Bonchev–Trinajstić information content (AvgIpc) is 2.86. The number of aromatic hydroxyl groups is 1. The van der Waals surface area contributed by atoms with E-state index in [1.165, 1.54) is 42.9 Å². The number of alkyl halides is 3. The summed E-state index contributed by atoms with van der Waals surface area (Å²) in [4.78, 5) is 28.2. The lowest BCUT2D eigenvalue weighted by atomic mass is 10.2. The van der Waals surface area contributed by atoms with Crippen molar-refractivity contribution in [3.05, 3.63) is 64.5 Å². The van der Waals surface area contributed by atoms with Gasteiger partial charge in [-0.15, -0.1) is 13.2 Å². The lowest BCUT2D eigenvalue weighted by Gasteiger charge is -2.10. The Hall–Kier alpha value is -3.76. The van der Waals surface area contributed by atoms with E-state index in [0.29, 0.717) is 11.3 Å². The molecule has 3 aromatic rings. The van der Waals surface area contributed by atoms with Crippen molar-refractivity contribution in [3.63, 3.8) is 0 Å². The number of benzene rings is 1. The molecule has 2 heterocycles. The molecule has 2 N–H and O–H groups in total. The predicted octanol–water partition coefficient (Wildman–Crippen LogP) is 2.95. The summed E-state index contributed by atoms with van der Waals surface area (Å²) < 4.78 is 43.0. The van der Waals surface area contributed by atoms with Gasteiger partial charge in [-0.2, -0.15) is 0 Å². The van der Waals surface area contributed by atoms with E-state index < -0.39 is 17.8 Å². The Morgan fingerprint density at radius 2 is 1.90 bits per heavy atom. The summed E-state index contributed by atoms with van der Waals surface area (Å²) in [5.74, 6) is -1.12. The number of halogens is 3. The van der Waals surface area contributed by atoms with Crippen LogP contribution in [0.4, 0.5) is 18.9 Å². The van der Waals surface area contributed by atoms with Gasteiger partial charge >= 0.3 is 12.1 Å². The summed E-state index contributed by atoms with van der Waals surface area (Å²) in [7, 11) is 0. The van der Waals surface area contributed by atoms with Crippen LogP contribution in [-0.4, -0.2) is 31.5 Å². The second-order valence-corrected chi connectivity index (χ2v) is 6.37. The smallest absolute Gasteiger partial charge is 0.493 e. The van der Waals surface area contributed by atoms with Crippen LogP contribution in [0.25, 0.3) is 5.69 Å². The highest BCUT2D eigenvalue weighted by Gasteiger charge is 2.31. The second kappa shape index (κ2) is 7.93. The number of ether oxygens (including phenoxy) is 1. The number of anilines is 1. The molecule has 0 fully saturated rings. The van der Waals surface area contributed by atoms with Crippen molar-refractivity contribution in [2.75, 3.05) is 5.32 Å². The molecule has 3 rings (SSSR count). The van der Waals surface area contributed by atoms with Crippen LogP contribution in [0.15, 0.2) is 47.5 Å². The third kappa shape index (κ3) is 4.45. The zero-order valence-corrected chi connectivity index (χ0v) is 15.9. The standard InChI is InChI=1S/C19H17F3N4O4/c1-11-17(28)26(14-3-5-15(6-4-14)30-19(20,21)22)18(29)25(11)10-13-7-8-23-9-16(13)24-12(2)27/h3-9,28H,10H2,1-2H3,(H,24,27). The molecule has 0 spiro atoms. The van der Waals surface area contributed by atoms with Gasteiger partial charge in [0.1, 0.15) is 5.75 Å². The van der Waals surface area contributed by atoms with E-state index in [4.69, 9.17) is 0 Å². The van der Waals surface area contributed by atoms with Crippen LogP contribution in [-0.2, 0) is 11.3 Å². The first kappa shape index (κ1) is 21.0. The number of rotatable bonds is 5. The summed E-state index contributed by atoms with van der Waals surface area (Å²) in [5.41, 5.74) is 0.778. The topological polar surface area (TPSA) is 98.4 Å². The Morgan fingerprint density at radius 1 is 1.23 bits per heavy atom. The van der Waals surface area contributed by atoms with E-state index in [1.54, 1.807) is 6.07 Å². The molecular weight excluding hydrogens is 405 g/mol. The van der Waals surface area contributed by atoms with E-state index in [1.807, 2.05) is 0 Å². The number of imidazole rings is 1. The molecule has 8 nitrogen and oxygen atoms in total. The molecule has 0 saturated carbocycles. The van der Waals surface area contributed by atoms with Gasteiger partial charge in [0.2, 0.25) is 11.8 Å². The van der Waals surface area contributed by atoms with Gasteiger partial charge < -0.3 is 15.2 Å². The molecule has 2 aromatic heterocycles. The van der Waals surface area contributed by atoms with Crippen LogP contribution in [0.1, 0.15) is 18.2 Å². The fourth-order valence-electron chi connectivity index (χ4n) is 2.89. The molecule has 0 bridgehead atoms. The number of carbonyl (C=O) groups is 1. The maximum Gasteiger partial charge on any atom is 0.573 e. The Labute approximate surface area is 168 Å². The monoisotopic (exact) mass is 422 g/mol. The fraction of sp³-hybridized carbons (Fsp3) is 0.211. The summed E-state index contributed by atoms with van der Waals surface area (Å²) in [6.45, 7) is 2.88. The van der Waals surface area contributed by atoms with Crippen molar-refractivity contribution in [2.24, 2.45) is 0 Å². The van der Waals surface area contributed by atoms with Gasteiger partial charge in [-0.3, -0.25) is 14.3 Å². The van der Waals surface area contributed by atoms with Gasteiger partial charge in [0, 0.05) is 13.1 Å². The predicted molar refractivity (Wildman–Crippen MR) is 101 cm³/mol. The van der Waals surface area contributed by atoms with E-state index in [0.717, 1.165) is 16.7 Å². The summed E-state index contributed by atoms with van der Waals surface area (Å²) >= 11 is 0. The highest BCUT2D eigenvalue weighted by molar-refractivity contribution is 5.89. The number of carbonyl (C=O) groups excluding carboxylic acids is 1. The van der Waals surface area contributed by atoms with Gasteiger partial charge in [-0.05, 0) is 42.8 Å². The molecule has 158 valence electrons. The Bertz CT molecular complexity index is 1130. The van der Waals surface area contributed by atoms with Gasteiger partial charge in [-0.25, -0.2) is 9.36 Å². The number of hydrogen-bond donors (Lipinski definition) is 2. The van der Waals surface area contributed by atoms with Gasteiger partial charge in [0.15, 0.2) is 0 Å². The van der Waals surface area contributed by atoms with E-state index in [-0.39, 0.29) is 29.7 Å². The first-order chi connectivity index (χ1) is 14.1. The number of hydrogen-bond acceptors (Lipinski definition) is 5. The second-order valence-electron chi connectivity index (χ2n) is 6.37. The molecule has 1 amide bonds. The number of pyridine rings is 1. The van der Waals surface area contributed by atoms with Gasteiger partial charge in [0.25, 0.3) is 0 Å². The van der Waals surface area contributed by atoms with Crippen LogP contribution in [0.5, 0.6) is 11.6 Å². The fourth-order valence-corrected chi connectivity index (χ4v) is 2.89. The molecular formula is C19H17F3N4O4. The maximum absolute atomic E-state index is 12.9. The minimum atomic E-state index is -4.84. The largest absolute Gasteiger partial charge is 0.573 e. The van der Waals surface area contributed by atoms with Crippen LogP contribution in [0.2, 0.25) is 0 Å². The van der Waals surface area contributed by atoms with Gasteiger partial charge in [0.05, 0.1) is 29.8 Å². The molecule has 0 aliphatic rings. The van der Waals surface area contributed by atoms with E-state index in [2.05, 4.69) is 15.0 Å². The Morgan fingerprint density at radius 3 is 2.50 bits per heavy atom. The van der Waals surface area contributed by atoms with Crippen molar-refractivity contribution in [1.29, 1.82) is 0 Å². The third-order valence-corrected chi connectivity index (χ3v) is 4.24. The molecule has 0 atom stereocenters. The minimum Gasteiger partial charge on any atom is -0.493 e. The Balaban J connectivity index is 1.97. The van der Waals surface area contributed by atoms with E-state index >= 15 is 0 Å². The SMILES string of the molecule is CC(=O)Nc1cnccc1Cn1c(C)c(O)n(-c2ccc(OC(F)(F)F)cc2)c1=O. The summed E-state index contributed by atoms with van der Waals surface area (Å²) in [5, 5.41) is 13.1. The lowest BCUT2D eigenvalue weighted by Crippen LogP contribution is -2.25. The molecule has 11 heteroatoms.